The van der Waals surface area contributed by atoms with E-state index >= 15 is 0 Å². The highest BCUT2D eigenvalue weighted by Gasteiger charge is 2.09. The van der Waals surface area contributed by atoms with Gasteiger partial charge in [-0.2, -0.15) is 0 Å². The largest absolute Gasteiger partial charge is 0.507 e. The number of aromatic hydroxyl groups is 1. The van der Waals surface area contributed by atoms with Crippen molar-refractivity contribution in [2.45, 2.75) is 0 Å². The summed E-state index contributed by atoms with van der Waals surface area (Å²) in [4.78, 5) is 11.0. The average Bonchev–Trinajstić information content (AvgIpc) is 2.16. The molecule has 72 valence electrons. The fraction of sp³-hybridized carbons (Fsp3) is 0.100. The van der Waals surface area contributed by atoms with Crippen LogP contribution in [0.4, 0.5) is 0 Å². The topological polar surface area (TPSA) is 59.7 Å². The lowest BCUT2D eigenvalue weighted by molar-refractivity contribution is 0.409. The molecule has 0 saturated carbocycles. The van der Waals surface area contributed by atoms with E-state index in [1.165, 1.54) is 19.2 Å². The second-order valence-electron chi connectivity index (χ2n) is 2.78. The average molecular weight is 192 g/mol. The SMILES string of the molecule is COc1cc(=O)oc2cccc(O)c12. The standard InChI is InChI=1S/C10H8O4/c1-13-8-5-9(12)14-7-4-2-3-6(11)10(7)8/h2-5,11H,1H3. The molecule has 1 aromatic heterocycles. The van der Waals surface area contributed by atoms with Gasteiger partial charge in [-0.1, -0.05) is 6.07 Å². The summed E-state index contributed by atoms with van der Waals surface area (Å²) in [5.41, 5.74) is -0.186. The molecule has 0 bridgehead atoms. The minimum atomic E-state index is -0.500. The highest BCUT2D eigenvalue weighted by atomic mass is 16.5. The number of fused-ring (bicyclic) bond motifs is 1. The fourth-order valence-electron chi connectivity index (χ4n) is 1.33. The number of hydrogen-bond donors (Lipinski definition) is 1. The maximum Gasteiger partial charge on any atom is 0.339 e. The molecule has 2 aromatic rings. The summed E-state index contributed by atoms with van der Waals surface area (Å²) in [7, 11) is 1.43. The van der Waals surface area contributed by atoms with Gasteiger partial charge >= 0.3 is 5.63 Å². The number of benzene rings is 1. The van der Waals surface area contributed by atoms with E-state index in [-0.39, 0.29) is 5.75 Å². The van der Waals surface area contributed by atoms with Gasteiger partial charge in [0.2, 0.25) is 0 Å². The highest BCUT2D eigenvalue weighted by molar-refractivity contribution is 5.88. The van der Waals surface area contributed by atoms with Gasteiger partial charge < -0.3 is 14.3 Å². The molecule has 2 rings (SSSR count). The Hall–Kier alpha value is -1.97. The third-order valence-electron chi connectivity index (χ3n) is 1.93. The Labute approximate surface area is 79.4 Å². The van der Waals surface area contributed by atoms with E-state index in [1.807, 2.05) is 0 Å². The fourth-order valence-corrected chi connectivity index (χ4v) is 1.33. The quantitative estimate of drug-likeness (QED) is 0.695. The minimum absolute atomic E-state index is 0.0306. The first-order valence-corrected chi connectivity index (χ1v) is 4.02. The van der Waals surface area contributed by atoms with Gasteiger partial charge in [-0.15, -0.1) is 0 Å². The van der Waals surface area contributed by atoms with Crippen LogP contribution in [0.25, 0.3) is 11.0 Å². The zero-order valence-electron chi connectivity index (χ0n) is 7.48. The molecule has 0 amide bonds. The maximum atomic E-state index is 11.0. The van der Waals surface area contributed by atoms with E-state index in [2.05, 4.69) is 0 Å². The zero-order chi connectivity index (χ0) is 10.1. The molecule has 0 aliphatic carbocycles. The van der Waals surface area contributed by atoms with Crippen LogP contribution in [0.1, 0.15) is 0 Å². The molecule has 14 heavy (non-hydrogen) atoms. The van der Waals surface area contributed by atoms with Crippen molar-refractivity contribution in [3.63, 3.8) is 0 Å². The highest BCUT2D eigenvalue weighted by Crippen LogP contribution is 2.31. The Morgan fingerprint density at radius 1 is 1.43 bits per heavy atom. The van der Waals surface area contributed by atoms with Crippen LogP contribution < -0.4 is 10.4 Å². The summed E-state index contributed by atoms with van der Waals surface area (Å²) >= 11 is 0. The molecule has 0 aliphatic rings. The molecular formula is C10H8O4. The summed E-state index contributed by atoms with van der Waals surface area (Å²) in [6.45, 7) is 0. The van der Waals surface area contributed by atoms with E-state index in [0.717, 1.165) is 0 Å². The predicted molar refractivity (Wildman–Crippen MR) is 50.7 cm³/mol. The molecule has 1 heterocycles. The van der Waals surface area contributed by atoms with Gasteiger partial charge in [0.25, 0.3) is 0 Å². The Bertz CT molecular complexity index is 527. The molecule has 0 aliphatic heterocycles. The van der Waals surface area contributed by atoms with E-state index < -0.39 is 5.63 Å². The van der Waals surface area contributed by atoms with Crippen molar-refractivity contribution in [3.05, 3.63) is 34.7 Å². The summed E-state index contributed by atoms with van der Waals surface area (Å²) in [6.07, 6.45) is 0. The molecule has 0 unspecified atom stereocenters. The first kappa shape index (κ1) is 8.62. The number of hydrogen-bond acceptors (Lipinski definition) is 4. The third kappa shape index (κ3) is 1.21. The molecule has 4 heteroatoms. The second kappa shape index (κ2) is 3.06. The predicted octanol–water partition coefficient (Wildman–Crippen LogP) is 1.51. The molecule has 1 aromatic carbocycles. The third-order valence-corrected chi connectivity index (χ3v) is 1.93. The van der Waals surface area contributed by atoms with Gasteiger partial charge in [0.05, 0.1) is 13.2 Å². The van der Waals surface area contributed by atoms with Gasteiger partial charge in [0.15, 0.2) is 0 Å². The molecule has 0 saturated heterocycles. The van der Waals surface area contributed by atoms with Crippen LogP contribution in [0.2, 0.25) is 0 Å². The van der Waals surface area contributed by atoms with E-state index in [1.54, 1.807) is 12.1 Å². The van der Waals surface area contributed by atoms with Crippen LogP contribution in [0.3, 0.4) is 0 Å². The van der Waals surface area contributed by atoms with Crippen molar-refractivity contribution in [2.75, 3.05) is 7.11 Å². The summed E-state index contributed by atoms with van der Waals surface area (Å²) < 4.78 is 9.86. The summed E-state index contributed by atoms with van der Waals surface area (Å²) in [6, 6.07) is 5.89. The van der Waals surface area contributed by atoms with Crippen molar-refractivity contribution in [2.24, 2.45) is 0 Å². The summed E-state index contributed by atoms with van der Waals surface area (Å²) in [5.74, 6) is 0.345. The first-order valence-electron chi connectivity index (χ1n) is 4.02. The summed E-state index contributed by atoms with van der Waals surface area (Å²) in [5, 5.41) is 9.94. The minimum Gasteiger partial charge on any atom is -0.507 e. The van der Waals surface area contributed by atoms with Gasteiger partial charge in [-0.05, 0) is 12.1 Å². The van der Waals surface area contributed by atoms with Crippen molar-refractivity contribution in [1.82, 2.24) is 0 Å². The number of methoxy groups -OCH3 is 1. The van der Waals surface area contributed by atoms with Crippen LogP contribution in [0, 0.1) is 0 Å². The molecule has 4 nitrogen and oxygen atoms in total. The molecule has 0 spiro atoms. The Morgan fingerprint density at radius 2 is 2.21 bits per heavy atom. The van der Waals surface area contributed by atoms with Crippen molar-refractivity contribution < 1.29 is 14.3 Å². The zero-order valence-corrected chi connectivity index (χ0v) is 7.48. The normalized spacial score (nSPS) is 10.4. The van der Waals surface area contributed by atoms with Gasteiger partial charge in [-0.3, -0.25) is 0 Å². The van der Waals surface area contributed by atoms with Crippen molar-refractivity contribution >= 4 is 11.0 Å². The van der Waals surface area contributed by atoms with Crippen LogP contribution >= 0.6 is 0 Å². The first-order chi connectivity index (χ1) is 6.72. The number of phenols is 1. The lowest BCUT2D eigenvalue weighted by atomic mass is 10.2. The van der Waals surface area contributed by atoms with Crippen molar-refractivity contribution in [3.8, 4) is 11.5 Å². The van der Waals surface area contributed by atoms with Crippen LogP contribution in [0.15, 0.2) is 33.5 Å². The lowest BCUT2D eigenvalue weighted by Gasteiger charge is -2.04. The lowest BCUT2D eigenvalue weighted by Crippen LogP contribution is -1.98. The Balaban J connectivity index is 2.96. The van der Waals surface area contributed by atoms with E-state index in [9.17, 15) is 9.90 Å². The smallest absolute Gasteiger partial charge is 0.339 e. The molecule has 0 atom stereocenters. The Morgan fingerprint density at radius 3 is 2.93 bits per heavy atom. The number of rotatable bonds is 1. The van der Waals surface area contributed by atoms with Crippen LogP contribution in [0.5, 0.6) is 11.5 Å². The monoisotopic (exact) mass is 192 g/mol. The molecule has 1 N–H and O–H groups in total. The van der Waals surface area contributed by atoms with Crippen LogP contribution in [-0.4, -0.2) is 12.2 Å². The van der Waals surface area contributed by atoms with Crippen LogP contribution in [-0.2, 0) is 0 Å². The molecule has 0 radical (unpaired) electrons. The number of ether oxygens (including phenoxy) is 1. The van der Waals surface area contributed by atoms with Gasteiger partial charge in [0.1, 0.15) is 22.5 Å². The van der Waals surface area contributed by atoms with Gasteiger partial charge in [-0.25, -0.2) is 4.79 Å². The van der Waals surface area contributed by atoms with Gasteiger partial charge in [0, 0.05) is 0 Å². The number of phenolic OH excluding ortho intramolecular Hbond substituents is 1. The molecular weight excluding hydrogens is 184 g/mol. The maximum absolute atomic E-state index is 11.0. The second-order valence-corrected chi connectivity index (χ2v) is 2.78. The van der Waals surface area contributed by atoms with Crippen molar-refractivity contribution in [1.29, 1.82) is 0 Å². The van der Waals surface area contributed by atoms with E-state index in [0.29, 0.717) is 16.7 Å². The Kier molecular flexibility index (Phi) is 1.89. The van der Waals surface area contributed by atoms with E-state index in [4.69, 9.17) is 9.15 Å². The molecule has 0 fully saturated rings.